The SMILES string of the molecule is CC(C)=CCc1c(O)cc(O)c2c(=O)c(O)c(-c3ccc(N(C(C)C)C(C)C)cc3)oc12. The molecule has 0 bridgehead atoms. The maximum atomic E-state index is 12.9. The van der Waals surface area contributed by atoms with E-state index >= 15 is 0 Å². The molecule has 6 heteroatoms. The minimum atomic E-state index is -0.743. The van der Waals surface area contributed by atoms with Gasteiger partial charge < -0.3 is 24.6 Å². The van der Waals surface area contributed by atoms with E-state index < -0.39 is 16.9 Å². The van der Waals surface area contributed by atoms with Gasteiger partial charge in [-0.2, -0.15) is 0 Å². The van der Waals surface area contributed by atoms with Crippen LogP contribution in [-0.4, -0.2) is 27.4 Å². The fraction of sp³-hybridized carbons (Fsp3) is 0.346. The summed E-state index contributed by atoms with van der Waals surface area (Å²) in [6.07, 6.45) is 2.20. The van der Waals surface area contributed by atoms with Crippen molar-refractivity contribution in [1.29, 1.82) is 0 Å². The molecule has 0 fully saturated rings. The topological polar surface area (TPSA) is 94.1 Å². The molecule has 1 aromatic heterocycles. The van der Waals surface area contributed by atoms with Gasteiger partial charge in [0, 0.05) is 35.0 Å². The number of nitrogens with zero attached hydrogens (tertiary/aromatic N) is 1. The first-order valence-electron chi connectivity index (χ1n) is 10.8. The van der Waals surface area contributed by atoms with E-state index in [9.17, 15) is 20.1 Å². The van der Waals surface area contributed by atoms with Gasteiger partial charge in [0.25, 0.3) is 0 Å². The van der Waals surface area contributed by atoms with Crippen LogP contribution in [0.4, 0.5) is 5.69 Å². The van der Waals surface area contributed by atoms with Crippen molar-refractivity contribution in [2.45, 2.75) is 60.0 Å². The normalized spacial score (nSPS) is 11.4. The lowest BCUT2D eigenvalue weighted by Gasteiger charge is -2.33. The van der Waals surface area contributed by atoms with Crippen molar-refractivity contribution in [3.63, 3.8) is 0 Å². The molecule has 1 heterocycles. The van der Waals surface area contributed by atoms with Crippen LogP contribution in [-0.2, 0) is 6.42 Å². The summed E-state index contributed by atoms with van der Waals surface area (Å²) >= 11 is 0. The second-order valence-corrected chi connectivity index (χ2v) is 8.83. The van der Waals surface area contributed by atoms with Crippen molar-refractivity contribution in [1.82, 2.24) is 0 Å². The second-order valence-electron chi connectivity index (χ2n) is 8.83. The Morgan fingerprint density at radius 1 is 1.00 bits per heavy atom. The molecule has 2 aromatic carbocycles. The van der Waals surface area contributed by atoms with Crippen LogP contribution in [0.25, 0.3) is 22.3 Å². The summed E-state index contributed by atoms with van der Waals surface area (Å²) in [7, 11) is 0. The molecule has 3 rings (SSSR count). The molecule has 0 atom stereocenters. The molecule has 32 heavy (non-hydrogen) atoms. The molecule has 170 valence electrons. The van der Waals surface area contributed by atoms with Gasteiger partial charge in [-0.1, -0.05) is 11.6 Å². The van der Waals surface area contributed by atoms with Crippen LogP contribution in [0.2, 0.25) is 0 Å². The molecule has 6 nitrogen and oxygen atoms in total. The maximum Gasteiger partial charge on any atom is 0.238 e. The Balaban J connectivity index is 2.21. The Kier molecular flexibility index (Phi) is 6.53. The Bertz CT molecular complexity index is 1210. The Morgan fingerprint density at radius 3 is 2.12 bits per heavy atom. The van der Waals surface area contributed by atoms with Gasteiger partial charge in [0.15, 0.2) is 5.76 Å². The van der Waals surface area contributed by atoms with Crippen LogP contribution in [0.15, 0.2) is 51.2 Å². The molecule has 3 aromatic rings. The summed E-state index contributed by atoms with van der Waals surface area (Å²) < 4.78 is 5.97. The van der Waals surface area contributed by atoms with Gasteiger partial charge in [-0.3, -0.25) is 4.79 Å². The Morgan fingerprint density at radius 2 is 1.59 bits per heavy atom. The van der Waals surface area contributed by atoms with Gasteiger partial charge >= 0.3 is 0 Å². The number of benzene rings is 2. The molecular weight excluding hydrogens is 406 g/mol. The monoisotopic (exact) mass is 437 g/mol. The van der Waals surface area contributed by atoms with Crippen LogP contribution in [0.3, 0.4) is 0 Å². The van der Waals surface area contributed by atoms with Gasteiger partial charge in [-0.25, -0.2) is 0 Å². The van der Waals surface area contributed by atoms with Gasteiger partial charge in [0.1, 0.15) is 22.5 Å². The first-order chi connectivity index (χ1) is 15.0. The zero-order valence-electron chi connectivity index (χ0n) is 19.4. The Hall–Kier alpha value is -3.41. The molecule has 0 unspecified atom stereocenters. The van der Waals surface area contributed by atoms with Crippen LogP contribution in [0, 0.1) is 0 Å². The lowest BCUT2D eigenvalue weighted by Crippen LogP contribution is -2.36. The number of phenols is 2. The highest BCUT2D eigenvalue weighted by Crippen LogP contribution is 2.39. The highest BCUT2D eigenvalue weighted by Gasteiger charge is 2.22. The zero-order chi connectivity index (χ0) is 23.7. The second kappa shape index (κ2) is 8.99. The molecule has 3 N–H and O–H groups in total. The summed E-state index contributed by atoms with van der Waals surface area (Å²) in [6.45, 7) is 12.3. The molecule has 0 aliphatic carbocycles. The third kappa shape index (κ3) is 4.31. The van der Waals surface area contributed by atoms with E-state index in [4.69, 9.17) is 4.42 Å². The number of hydrogen-bond donors (Lipinski definition) is 3. The number of phenolic OH excluding ortho intramolecular Hbond substituents is 2. The highest BCUT2D eigenvalue weighted by molar-refractivity contribution is 5.91. The average molecular weight is 438 g/mol. The molecule has 0 radical (unpaired) electrons. The predicted molar refractivity (Wildman–Crippen MR) is 129 cm³/mol. The minimum absolute atomic E-state index is 0.00172. The van der Waals surface area contributed by atoms with Crippen molar-refractivity contribution in [3.05, 3.63) is 57.8 Å². The van der Waals surface area contributed by atoms with Gasteiger partial charge in [-0.05, 0) is 72.2 Å². The number of fused-ring (bicyclic) bond motifs is 1. The number of aromatic hydroxyl groups is 3. The van der Waals surface area contributed by atoms with Crippen LogP contribution >= 0.6 is 0 Å². The smallest absolute Gasteiger partial charge is 0.238 e. The predicted octanol–water partition coefficient (Wildman–Crippen LogP) is 5.71. The van der Waals surface area contributed by atoms with Crippen molar-refractivity contribution in [3.8, 4) is 28.6 Å². The van der Waals surface area contributed by atoms with Crippen LogP contribution in [0.1, 0.15) is 47.1 Å². The van der Waals surface area contributed by atoms with E-state index in [1.165, 1.54) is 0 Å². The quantitative estimate of drug-likeness (QED) is 0.428. The zero-order valence-corrected chi connectivity index (χ0v) is 19.4. The summed E-state index contributed by atoms with van der Waals surface area (Å²) in [5, 5.41) is 31.1. The molecular formula is C26H31NO5. The summed E-state index contributed by atoms with van der Waals surface area (Å²) in [5.74, 6) is -1.19. The van der Waals surface area contributed by atoms with Crippen molar-refractivity contribution < 1.29 is 19.7 Å². The lowest BCUT2D eigenvalue weighted by atomic mass is 10.0. The lowest BCUT2D eigenvalue weighted by molar-refractivity contribution is 0.435. The van der Waals surface area contributed by atoms with Gasteiger partial charge in [-0.15, -0.1) is 0 Å². The van der Waals surface area contributed by atoms with Gasteiger partial charge in [0.05, 0.1) is 0 Å². The third-order valence-electron chi connectivity index (χ3n) is 5.46. The fourth-order valence-electron chi connectivity index (χ4n) is 4.05. The Labute approximate surface area is 188 Å². The van der Waals surface area contributed by atoms with Crippen molar-refractivity contribution in [2.75, 3.05) is 4.90 Å². The van der Waals surface area contributed by atoms with E-state index in [1.807, 2.05) is 32.1 Å². The first kappa shape index (κ1) is 23.3. The summed E-state index contributed by atoms with van der Waals surface area (Å²) in [4.78, 5) is 15.2. The van der Waals surface area contributed by atoms with E-state index in [0.29, 0.717) is 29.6 Å². The first-order valence-corrected chi connectivity index (χ1v) is 10.8. The number of rotatable bonds is 6. The number of hydrogen-bond acceptors (Lipinski definition) is 6. The standard InChI is InChI=1S/C26H31NO5/c1-14(2)7-12-19-20(28)13-21(29)22-23(30)24(31)25(32-26(19)22)17-8-10-18(11-9-17)27(15(3)4)16(5)6/h7-11,13,15-16,28-29,31H,12H2,1-6H3. The summed E-state index contributed by atoms with van der Waals surface area (Å²) in [5.41, 5.74) is 2.26. The number of allylic oxidation sites excluding steroid dienone is 2. The average Bonchev–Trinajstić information content (AvgIpc) is 2.69. The molecule has 0 amide bonds. The van der Waals surface area contributed by atoms with Crippen LogP contribution in [0.5, 0.6) is 17.2 Å². The summed E-state index contributed by atoms with van der Waals surface area (Å²) in [6, 6.07) is 9.12. The third-order valence-corrected chi connectivity index (χ3v) is 5.46. The molecule has 0 saturated carbocycles. The van der Waals surface area contributed by atoms with Crippen molar-refractivity contribution in [2.24, 2.45) is 0 Å². The minimum Gasteiger partial charge on any atom is -0.507 e. The largest absolute Gasteiger partial charge is 0.507 e. The van der Waals surface area contributed by atoms with E-state index in [-0.39, 0.29) is 22.5 Å². The van der Waals surface area contributed by atoms with Gasteiger partial charge in [0.2, 0.25) is 11.2 Å². The van der Waals surface area contributed by atoms with E-state index in [0.717, 1.165) is 17.3 Å². The maximum absolute atomic E-state index is 12.9. The van der Waals surface area contributed by atoms with E-state index in [1.54, 1.807) is 12.1 Å². The molecule has 0 saturated heterocycles. The molecule has 0 aliphatic rings. The fourth-order valence-corrected chi connectivity index (χ4v) is 4.05. The molecule has 0 spiro atoms. The molecule has 0 aliphatic heterocycles. The van der Waals surface area contributed by atoms with Crippen LogP contribution < -0.4 is 10.3 Å². The van der Waals surface area contributed by atoms with Crippen molar-refractivity contribution >= 4 is 16.7 Å². The highest BCUT2D eigenvalue weighted by atomic mass is 16.4. The van der Waals surface area contributed by atoms with E-state index in [2.05, 4.69) is 32.6 Å². The number of anilines is 1.